The molecule has 92 valence electrons. The maximum absolute atomic E-state index is 9.29. The van der Waals surface area contributed by atoms with Gasteiger partial charge in [-0.1, -0.05) is 36.4 Å². The number of phenolic OH excluding ortho intramolecular Hbond substituents is 1. The van der Waals surface area contributed by atoms with Gasteiger partial charge in [0.05, 0.1) is 5.38 Å². The molecule has 18 heavy (non-hydrogen) atoms. The first-order valence-corrected chi connectivity index (χ1v) is 6.67. The third kappa shape index (κ3) is 2.11. The lowest BCUT2D eigenvalue weighted by molar-refractivity contribution is 0.474. The molecule has 0 saturated carbocycles. The highest BCUT2D eigenvalue weighted by Crippen LogP contribution is 2.42. The molecule has 2 aromatic rings. The van der Waals surface area contributed by atoms with E-state index >= 15 is 0 Å². The van der Waals surface area contributed by atoms with E-state index in [4.69, 9.17) is 11.6 Å². The van der Waals surface area contributed by atoms with Crippen LogP contribution in [0, 0.1) is 5.92 Å². The van der Waals surface area contributed by atoms with Gasteiger partial charge in [0, 0.05) is 0 Å². The Morgan fingerprint density at radius 2 is 1.78 bits per heavy atom. The second-order valence-electron chi connectivity index (χ2n) is 4.94. The molecule has 0 heterocycles. The Hall–Kier alpha value is -1.47. The van der Waals surface area contributed by atoms with Gasteiger partial charge >= 0.3 is 0 Å². The first-order valence-electron chi connectivity index (χ1n) is 6.24. The third-order valence-corrected chi connectivity index (χ3v) is 4.27. The molecule has 1 nitrogen and oxygen atoms in total. The zero-order chi connectivity index (χ0) is 12.5. The molecule has 3 rings (SSSR count). The lowest BCUT2D eigenvalue weighted by Gasteiger charge is -2.14. The lowest BCUT2D eigenvalue weighted by Crippen LogP contribution is -2.06. The Balaban J connectivity index is 1.78. The van der Waals surface area contributed by atoms with Crippen LogP contribution in [0.25, 0.3) is 0 Å². The third-order valence-electron chi connectivity index (χ3n) is 3.68. The number of aromatic hydroxyl groups is 1. The standard InChI is InChI=1S/C16H15ClO/c17-16-13(9-11-5-7-14(18)8-6-11)10-12-3-1-2-4-15(12)16/h1-8,13,16,18H,9-10H2. The zero-order valence-corrected chi connectivity index (χ0v) is 10.8. The van der Waals surface area contributed by atoms with E-state index in [9.17, 15) is 5.11 Å². The Morgan fingerprint density at radius 1 is 1.06 bits per heavy atom. The number of rotatable bonds is 2. The number of phenols is 1. The number of hydrogen-bond acceptors (Lipinski definition) is 1. The van der Waals surface area contributed by atoms with Crippen molar-refractivity contribution in [3.63, 3.8) is 0 Å². The highest BCUT2D eigenvalue weighted by atomic mass is 35.5. The summed E-state index contributed by atoms with van der Waals surface area (Å²) in [4.78, 5) is 0. The van der Waals surface area contributed by atoms with Crippen molar-refractivity contribution in [3.8, 4) is 5.75 Å². The van der Waals surface area contributed by atoms with Crippen molar-refractivity contribution in [1.29, 1.82) is 0 Å². The van der Waals surface area contributed by atoms with Crippen molar-refractivity contribution in [1.82, 2.24) is 0 Å². The largest absolute Gasteiger partial charge is 0.508 e. The van der Waals surface area contributed by atoms with Gasteiger partial charge in [-0.15, -0.1) is 11.6 Å². The molecule has 0 radical (unpaired) electrons. The van der Waals surface area contributed by atoms with E-state index in [0.29, 0.717) is 11.7 Å². The smallest absolute Gasteiger partial charge is 0.115 e. The molecule has 2 atom stereocenters. The van der Waals surface area contributed by atoms with E-state index in [-0.39, 0.29) is 5.38 Å². The molecule has 0 spiro atoms. The van der Waals surface area contributed by atoms with Gasteiger partial charge in [0.25, 0.3) is 0 Å². The van der Waals surface area contributed by atoms with Gasteiger partial charge < -0.3 is 5.11 Å². The number of hydrogen-bond donors (Lipinski definition) is 1. The fraction of sp³-hybridized carbons (Fsp3) is 0.250. The molecule has 0 fully saturated rings. The highest BCUT2D eigenvalue weighted by molar-refractivity contribution is 6.21. The summed E-state index contributed by atoms with van der Waals surface area (Å²) in [6, 6.07) is 15.8. The van der Waals surface area contributed by atoms with Crippen LogP contribution in [0.1, 0.15) is 22.1 Å². The Labute approximate surface area is 112 Å². The Bertz CT molecular complexity index is 547. The summed E-state index contributed by atoms with van der Waals surface area (Å²) in [7, 11) is 0. The fourth-order valence-corrected chi connectivity index (χ4v) is 3.13. The van der Waals surface area contributed by atoms with Gasteiger partial charge in [-0.25, -0.2) is 0 Å². The predicted molar refractivity (Wildman–Crippen MR) is 74.0 cm³/mol. The highest BCUT2D eigenvalue weighted by Gasteiger charge is 2.30. The van der Waals surface area contributed by atoms with Crippen LogP contribution in [0.5, 0.6) is 5.75 Å². The molecule has 1 N–H and O–H groups in total. The van der Waals surface area contributed by atoms with Crippen LogP contribution in [0.4, 0.5) is 0 Å². The molecule has 1 aliphatic carbocycles. The topological polar surface area (TPSA) is 20.2 Å². The van der Waals surface area contributed by atoms with Crippen molar-refractivity contribution >= 4 is 11.6 Å². The second kappa shape index (κ2) is 4.66. The van der Waals surface area contributed by atoms with Crippen molar-refractivity contribution in [2.75, 3.05) is 0 Å². The first-order chi connectivity index (χ1) is 8.74. The molecular formula is C16H15ClO. The summed E-state index contributed by atoms with van der Waals surface area (Å²) >= 11 is 6.54. The molecule has 1 aliphatic rings. The minimum Gasteiger partial charge on any atom is -0.508 e. The van der Waals surface area contributed by atoms with E-state index in [0.717, 1.165) is 12.8 Å². The average Bonchev–Trinajstić information content (AvgIpc) is 2.70. The molecule has 0 bridgehead atoms. The lowest BCUT2D eigenvalue weighted by atomic mass is 9.96. The molecule has 0 saturated heterocycles. The SMILES string of the molecule is Oc1ccc(CC2Cc3ccccc3C2Cl)cc1. The van der Waals surface area contributed by atoms with E-state index in [1.807, 2.05) is 12.1 Å². The molecule has 0 aromatic heterocycles. The van der Waals surface area contributed by atoms with Crippen molar-refractivity contribution in [2.45, 2.75) is 18.2 Å². The number of halogens is 1. The molecule has 2 aromatic carbocycles. The maximum Gasteiger partial charge on any atom is 0.115 e. The van der Waals surface area contributed by atoms with E-state index < -0.39 is 0 Å². The van der Waals surface area contributed by atoms with Crippen molar-refractivity contribution in [3.05, 3.63) is 65.2 Å². The van der Waals surface area contributed by atoms with Crippen molar-refractivity contribution in [2.24, 2.45) is 5.92 Å². The van der Waals surface area contributed by atoms with Crippen LogP contribution >= 0.6 is 11.6 Å². The quantitative estimate of drug-likeness (QED) is 0.805. The van der Waals surface area contributed by atoms with Crippen LogP contribution in [0.2, 0.25) is 0 Å². The van der Waals surface area contributed by atoms with Gasteiger partial charge in [-0.3, -0.25) is 0 Å². The summed E-state index contributed by atoms with van der Waals surface area (Å²) < 4.78 is 0. The van der Waals surface area contributed by atoms with E-state index in [1.54, 1.807) is 12.1 Å². The van der Waals surface area contributed by atoms with Gasteiger partial charge in [-0.05, 0) is 47.6 Å². The second-order valence-corrected chi connectivity index (χ2v) is 5.41. The van der Waals surface area contributed by atoms with Crippen LogP contribution < -0.4 is 0 Å². The molecule has 2 heteroatoms. The summed E-state index contributed by atoms with van der Waals surface area (Å²) in [5.41, 5.74) is 3.89. The fourth-order valence-electron chi connectivity index (χ4n) is 2.74. The number of alkyl halides is 1. The Morgan fingerprint density at radius 3 is 2.50 bits per heavy atom. The van der Waals surface area contributed by atoms with Crippen LogP contribution in [0.15, 0.2) is 48.5 Å². The number of benzene rings is 2. The van der Waals surface area contributed by atoms with Gasteiger partial charge in [0.1, 0.15) is 5.75 Å². The number of fused-ring (bicyclic) bond motifs is 1. The summed E-state index contributed by atoms with van der Waals surface area (Å²) in [6.07, 6.45) is 2.01. The van der Waals surface area contributed by atoms with Gasteiger partial charge in [0.15, 0.2) is 0 Å². The summed E-state index contributed by atoms with van der Waals surface area (Å²) in [6.45, 7) is 0. The van der Waals surface area contributed by atoms with Crippen molar-refractivity contribution < 1.29 is 5.11 Å². The minimum absolute atomic E-state index is 0.106. The molecule has 2 unspecified atom stereocenters. The van der Waals surface area contributed by atoms with Gasteiger partial charge in [-0.2, -0.15) is 0 Å². The van der Waals surface area contributed by atoms with Crippen LogP contribution in [0.3, 0.4) is 0 Å². The summed E-state index contributed by atoms with van der Waals surface area (Å²) in [5, 5.41) is 9.39. The van der Waals surface area contributed by atoms with Crippen LogP contribution in [-0.2, 0) is 12.8 Å². The summed E-state index contributed by atoms with van der Waals surface area (Å²) in [5.74, 6) is 0.768. The van der Waals surface area contributed by atoms with E-state index in [1.165, 1.54) is 16.7 Å². The normalized spacial score (nSPS) is 21.8. The Kier molecular flexibility index (Phi) is 3.00. The molecular weight excluding hydrogens is 244 g/mol. The van der Waals surface area contributed by atoms with E-state index in [2.05, 4.69) is 24.3 Å². The van der Waals surface area contributed by atoms with Crippen LogP contribution in [-0.4, -0.2) is 5.11 Å². The monoisotopic (exact) mass is 258 g/mol. The predicted octanol–water partition coefficient (Wildman–Crippen LogP) is 4.09. The molecule has 0 amide bonds. The van der Waals surface area contributed by atoms with Gasteiger partial charge in [0.2, 0.25) is 0 Å². The minimum atomic E-state index is 0.106. The maximum atomic E-state index is 9.29. The molecule has 0 aliphatic heterocycles. The average molecular weight is 259 g/mol. The first kappa shape index (κ1) is 11.6. The zero-order valence-electron chi connectivity index (χ0n) is 10.0.